The first-order valence-corrected chi connectivity index (χ1v) is 9.22. The van der Waals surface area contributed by atoms with Crippen molar-refractivity contribution in [1.82, 2.24) is 20.2 Å². The molecule has 154 valence electrons. The van der Waals surface area contributed by atoms with Crippen molar-refractivity contribution in [3.8, 4) is 17.1 Å². The quantitative estimate of drug-likeness (QED) is 0.713. The number of nitrogens with zero attached hydrogens (tertiary/aromatic N) is 4. The Labute approximate surface area is 164 Å². The molecule has 1 saturated heterocycles. The van der Waals surface area contributed by atoms with Gasteiger partial charge in [-0.05, 0) is 26.0 Å². The smallest absolute Gasteiger partial charge is 0.411 e. The van der Waals surface area contributed by atoms with E-state index in [0.717, 1.165) is 0 Å². The van der Waals surface area contributed by atoms with E-state index in [0.29, 0.717) is 28.0 Å². The van der Waals surface area contributed by atoms with Crippen LogP contribution in [0.4, 0.5) is 19.0 Å². The van der Waals surface area contributed by atoms with Gasteiger partial charge in [0.25, 0.3) is 0 Å². The highest BCUT2D eigenvalue weighted by atomic mass is 19.4. The van der Waals surface area contributed by atoms with Crippen molar-refractivity contribution >= 4 is 16.7 Å². The SMILES string of the molecule is CC(C)Oc1cc(N2CCOCC2C(F)(F)F)nc2c(-c3ccn[nH]3)nccc12. The number of ether oxygens (including phenoxy) is 2. The van der Waals surface area contributed by atoms with E-state index in [2.05, 4.69) is 20.2 Å². The van der Waals surface area contributed by atoms with Gasteiger partial charge in [0.2, 0.25) is 0 Å². The first-order chi connectivity index (χ1) is 13.8. The molecule has 1 unspecified atom stereocenters. The summed E-state index contributed by atoms with van der Waals surface area (Å²) in [7, 11) is 0. The molecule has 1 fully saturated rings. The fraction of sp³-hybridized carbons (Fsp3) is 0.421. The van der Waals surface area contributed by atoms with Gasteiger partial charge in [-0.25, -0.2) is 4.98 Å². The summed E-state index contributed by atoms with van der Waals surface area (Å²) in [5.41, 5.74) is 1.55. The van der Waals surface area contributed by atoms with Crippen LogP contribution >= 0.6 is 0 Å². The van der Waals surface area contributed by atoms with Gasteiger partial charge >= 0.3 is 6.18 Å². The van der Waals surface area contributed by atoms with E-state index < -0.39 is 18.8 Å². The van der Waals surface area contributed by atoms with Crippen LogP contribution in [-0.2, 0) is 4.74 Å². The summed E-state index contributed by atoms with van der Waals surface area (Å²) in [4.78, 5) is 10.2. The zero-order chi connectivity index (χ0) is 20.6. The minimum absolute atomic E-state index is 0.0729. The lowest BCUT2D eigenvalue weighted by atomic mass is 10.1. The number of hydrogen-bond donors (Lipinski definition) is 1. The lowest BCUT2D eigenvalue weighted by Gasteiger charge is -2.37. The first kappa shape index (κ1) is 19.4. The van der Waals surface area contributed by atoms with Crippen molar-refractivity contribution in [3.05, 3.63) is 30.6 Å². The largest absolute Gasteiger partial charge is 0.490 e. The monoisotopic (exact) mass is 407 g/mol. The summed E-state index contributed by atoms with van der Waals surface area (Å²) in [5, 5.41) is 7.43. The molecule has 0 spiro atoms. The van der Waals surface area contributed by atoms with Crippen molar-refractivity contribution in [2.45, 2.75) is 32.2 Å². The van der Waals surface area contributed by atoms with Gasteiger partial charge in [0.15, 0.2) is 0 Å². The van der Waals surface area contributed by atoms with E-state index in [4.69, 9.17) is 9.47 Å². The molecule has 4 rings (SSSR count). The molecule has 0 aliphatic carbocycles. The van der Waals surface area contributed by atoms with Crippen LogP contribution in [0.15, 0.2) is 30.6 Å². The van der Waals surface area contributed by atoms with Crippen molar-refractivity contribution in [3.63, 3.8) is 0 Å². The summed E-state index contributed by atoms with van der Waals surface area (Å²) in [6, 6.07) is 3.25. The number of hydrogen-bond acceptors (Lipinski definition) is 6. The third-order valence-electron chi connectivity index (χ3n) is 4.60. The van der Waals surface area contributed by atoms with Gasteiger partial charge < -0.3 is 14.4 Å². The molecule has 3 aromatic rings. The average molecular weight is 407 g/mol. The van der Waals surface area contributed by atoms with Crippen LogP contribution in [0, 0.1) is 0 Å². The molecule has 29 heavy (non-hydrogen) atoms. The number of nitrogens with one attached hydrogen (secondary N) is 1. The summed E-state index contributed by atoms with van der Waals surface area (Å²) in [5.74, 6) is 0.628. The molecule has 1 aliphatic heterocycles. The molecule has 3 aromatic heterocycles. The van der Waals surface area contributed by atoms with Crippen molar-refractivity contribution < 1.29 is 22.6 Å². The molecular weight excluding hydrogens is 387 g/mol. The molecule has 10 heteroatoms. The van der Waals surface area contributed by atoms with Crippen LogP contribution in [0.3, 0.4) is 0 Å². The molecule has 0 bridgehead atoms. The maximum atomic E-state index is 13.6. The van der Waals surface area contributed by atoms with Crippen LogP contribution in [0.5, 0.6) is 5.75 Å². The Balaban J connectivity index is 1.91. The number of aromatic nitrogens is 4. The van der Waals surface area contributed by atoms with E-state index in [1.54, 1.807) is 30.6 Å². The molecule has 1 N–H and O–H groups in total. The molecule has 4 heterocycles. The minimum atomic E-state index is -4.45. The predicted octanol–water partition coefficient (Wildman–Crippen LogP) is 3.57. The minimum Gasteiger partial charge on any atom is -0.490 e. The van der Waals surface area contributed by atoms with Crippen LogP contribution in [-0.4, -0.2) is 58.2 Å². The third kappa shape index (κ3) is 3.84. The Bertz CT molecular complexity index is 991. The Morgan fingerprint density at radius 2 is 2.10 bits per heavy atom. The van der Waals surface area contributed by atoms with Gasteiger partial charge in [-0.15, -0.1) is 0 Å². The zero-order valence-corrected chi connectivity index (χ0v) is 15.9. The van der Waals surface area contributed by atoms with E-state index in [9.17, 15) is 13.2 Å². The second-order valence-corrected chi connectivity index (χ2v) is 7.00. The van der Waals surface area contributed by atoms with Crippen molar-refractivity contribution in [1.29, 1.82) is 0 Å². The maximum absolute atomic E-state index is 13.6. The van der Waals surface area contributed by atoms with E-state index in [-0.39, 0.29) is 25.1 Å². The van der Waals surface area contributed by atoms with Gasteiger partial charge in [0.05, 0.1) is 25.0 Å². The summed E-state index contributed by atoms with van der Waals surface area (Å²) >= 11 is 0. The first-order valence-electron chi connectivity index (χ1n) is 9.22. The van der Waals surface area contributed by atoms with Crippen LogP contribution in [0.1, 0.15) is 13.8 Å². The highest BCUT2D eigenvalue weighted by Crippen LogP contribution is 2.37. The van der Waals surface area contributed by atoms with Crippen LogP contribution in [0.25, 0.3) is 22.3 Å². The molecule has 0 saturated carbocycles. The summed E-state index contributed by atoms with van der Waals surface area (Å²) < 4.78 is 51.8. The number of pyridine rings is 2. The third-order valence-corrected chi connectivity index (χ3v) is 4.60. The number of rotatable bonds is 4. The lowest BCUT2D eigenvalue weighted by molar-refractivity contribution is -0.167. The standard InChI is InChI=1S/C19H20F3N5O2/c1-11(2)29-14-9-16(27-7-8-28-10-15(27)19(20,21)22)25-17-12(14)3-5-23-18(17)13-4-6-24-26-13/h3-6,9,11,15H,7-8,10H2,1-2H3,(H,24,26). The van der Waals surface area contributed by atoms with E-state index >= 15 is 0 Å². The Morgan fingerprint density at radius 3 is 2.79 bits per heavy atom. The van der Waals surface area contributed by atoms with Crippen molar-refractivity contribution in [2.75, 3.05) is 24.7 Å². The fourth-order valence-corrected chi connectivity index (χ4v) is 3.34. The fourth-order valence-electron chi connectivity index (χ4n) is 3.34. The Kier molecular flexibility index (Phi) is 5.03. The van der Waals surface area contributed by atoms with Crippen LogP contribution < -0.4 is 9.64 Å². The second kappa shape index (κ2) is 7.51. The number of aromatic amines is 1. The Morgan fingerprint density at radius 1 is 1.28 bits per heavy atom. The topological polar surface area (TPSA) is 76.2 Å². The normalized spacial score (nSPS) is 17.9. The second-order valence-electron chi connectivity index (χ2n) is 7.00. The van der Waals surface area contributed by atoms with E-state index in [1.807, 2.05) is 13.8 Å². The summed E-state index contributed by atoms with van der Waals surface area (Å²) in [6.45, 7) is 3.53. The molecule has 1 aliphatic rings. The van der Waals surface area contributed by atoms with Crippen LogP contribution in [0.2, 0.25) is 0 Å². The highest BCUT2D eigenvalue weighted by Gasteiger charge is 2.46. The van der Waals surface area contributed by atoms with Crippen molar-refractivity contribution in [2.24, 2.45) is 0 Å². The highest BCUT2D eigenvalue weighted by molar-refractivity contribution is 5.95. The molecule has 0 radical (unpaired) electrons. The number of fused-ring (bicyclic) bond motifs is 1. The number of H-pyrrole nitrogens is 1. The van der Waals surface area contributed by atoms with Gasteiger partial charge in [-0.3, -0.25) is 10.1 Å². The maximum Gasteiger partial charge on any atom is 0.411 e. The molecule has 7 nitrogen and oxygen atoms in total. The number of alkyl halides is 3. The summed E-state index contributed by atoms with van der Waals surface area (Å²) in [6.07, 6.45) is -1.43. The molecule has 0 amide bonds. The van der Waals surface area contributed by atoms with Gasteiger partial charge in [-0.2, -0.15) is 18.3 Å². The van der Waals surface area contributed by atoms with E-state index in [1.165, 1.54) is 4.90 Å². The van der Waals surface area contributed by atoms with Gasteiger partial charge in [0.1, 0.15) is 28.8 Å². The lowest BCUT2D eigenvalue weighted by Crippen LogP contribution is -2.53. The number of anilines is 1. The number of halogens is 3. The number of morpholine rings is 1. The Hall–Kier alpha value is -2.88. The van der Waals surface area contributed by atoms with Gasteiger partial charge in [0, 0.05) is 30.4 Å². The molecular formula is C19H20F3N5O2. The zero-order valence-electron chi connectivity index (χ0n) is 15.9. The molecule has 1 atom stereocenters. The molecule has 0 aromatic carbocycles. The van der Waals surface area contributed by atoms with Gasteiger partial charge in [-0.1, -0.05) is 0 Å². The predicted molar refractivity (Wildman–Crippen MR) is 101 cm³/mol. The average Bonchev–Trinajstić information content (AvgIpc) is 3.21.